The minimum absolute atomic E-state index is 0.0288. The van der Waals surface area contributed by atoms with E-state index in [4.69, 9.17) is 0 Å². The number of nitrogens with one attached hydrogen (secondary N) is 1. The van der Waals surface area contributed by atoms with E-state index in [0.29, 0.717) is 5.69 Å². The van der Waals surface area contributed by atoms with Gasteiger partial charge >= 0.3 is 0 Å². The predicted molar refractivity (Wildman–Crippen MR) is 66.9 cm³/mol. The van der Waals surface area contributed by atoms with Gasteiger partial charge in [0.15, 0.2) is 0 Å². The molecule has 1 rings (SSSR count). The number of sulfone groups is 1. The van der Waals surface area contributed by atoms with Crippen molar-refractivity contribution in [2.45, 2.75) is 13.0 Å². The standard InChI is InChI=1S/C10H13BrFNO2S/c1-7(6-16(2,14)15)13-10-5-8(11)3-4-9(10)12/h3-5,7,13H,6H2,1-2H3. The number of rotatable bonds is 4. The van der Waals surface area contributed by atoms with Crippen LogP contribution >= 0.6 is 15.9 Å². The van der Waals surface area contributed by atoms with Gasteiger partial charge in [0.2, 0.25) is 0 Å². The van der Waals surface area contributed by atoms with Crippen molar-refractivity contribution in [2.75, 3.05) is 17.3 Å². The largest absolute Gasteiger partial charge is 0.379 e. The molecular formula is C10H13BrFNO2S. The maximum Gasteiger partial charge on any atom is 0.149 e. The average molecular weight is 310 g/mol. The molecule has 1 unspecified atom stereocenters. The summed E-state index contributed by atoms with van der Waals surface area (Å²) in [5.74, 6) is -0.428. The summed E-state index contributed by atoms with van der Waals surface area (Å²) in [7, 11) is -3.06. The van der Waals surface area contributed by atoms with Crippen molar-refractivity contribution in [2.24, 2.45) is 0 Å². The van der Waals surface area contributed by atoms with Crippen LogP contribution < -0.4 is 5.32 Å². The van der Waals surface area contributed by atoms with Crippen molar-refractivity contribution >= 4 is 31.5 Å². The van der Waals surface area contributed by atoms with Crippen LogP contribution in [0.2, 0.25) is 0 Å². The Bertz CT molecular complexity index is 476. The Hall–Kier alpha value is -0.620. The monoisotopic (exact) mass is 309 g/mol. The summed E-state index contributed by atoms with van der Waals surface area (Å²) in [6.07, 6.45) is 1.16. The second-order valence-electron chi connectivity index (χ2n) is 3.76. The molecule has 0 heterocycles. The van der Waals surface area contributed by atoms with Gasteiger partial charge in [-0.1, -0.05) is 15.9 Å². The Kier molecular flexibility index (Phi) is 4.32. The molecule has 0 bridgehead atoms. The molecule has 0 amide bonds. The van der Waals surface area contributed by atoms with Gasteiger partial charge in [-0.15, -0.1) is 0 Å². The Morgan fingerprint density at radius 1 is 1.50 bits per heavy atom. The van der Waals surface area contributed by atoms with Crippen molar-refractivity contribution in [3.05, 3.63) is 28.5 Å². The van der Waals surface area contributed by atoms with Crippen molar-refractivity contribution in [1.29, 1.82) is 0 Å². The summed E-state index contributed by atoms with van der Waals surface area (Å²) in [5, 5.41) is 2.82. The molecule has 0 aliphatic carbocycles. The van der Waals surface area contributed by atoms with Crippen LogP contribution in [0.5, 0.6) is 0 Å². The van der Waals surface area contributed by atoms with Crippen LogP contribution in [0, 0.1) is 5.82 Å². The summed E-state index contributed by atoms with van der Waals surface area (Å²) in [5.41, 5.74) is 0.297. The Balaban J connectivity index is 2.77. The minimum Gasteiger partial charge on any atom is -0.379 e. The van der Waals surface area contributed by atoms with Gasteiger partial charge in [-0.2, -0.15) is 0 Å². The fourth-order valence-corrected chi connectivity index (χ4v) is 2.72. The molecule has 0 saturated carbocycles. The van der Waals surface area contributed by atoms with Gasteiger partial charge < -0.3 is 5.32 Å². The lowest BCUT2D eigenvalue weighted by atomic mass is 10.3. The molecule has 1 aromatic rings. The van der Waals surface area contributed by atoms with Crippen LogP contribution in [0.3, 0.4) is 0 Å². The highest BCUT2D eigenvalue weighted by Crippen LogP contribution is 2.20. The van der Waals surface area contributed by atoms with E-state index < -0.39 is 15.7 Å². The third kappa shape index (κ3) is 4.49. The lowest BCUT2D eigenvalue weighted by molar-refractivity contribution is 0.596. The molecule has 0 spiro atoms. The highest BCUT2D eigenvalue weighted by atomic mass is 79.9. The molecule has 6 heteroatoms. The highest BCUT2D eigenvalue weighted by molar-refractivity contribution is 9.10. The molecule has 0 radical (unpaired) electrons. The molecule has 0 aromatic heterocycles. The Morgan fingerprint density at radius 3 is 2.69 bits per heavy atom. The first-order chi connectivity index (χ1) is 7.28. The molecule has 16 heavy (non-hydrogen) atoms. The minimum atomic E-state index is -3.06. The summed E-state index contributed by atoms with van der Waals surface area (Å²) in [4.78, 5) is 0. The van der Waals surface area contributed by atoms with E-state index in [1.54, 1.807) is 19.1 Å². The van der Waals surface area contributed by atoms with Crippen molar-refractivity contribution in [3.63, 3.8) is 0 Å². The average Bonchev–Trinajstić information content (AvgIpc) is 2.08. The van der Waals surface area contributed by atoms with Gasteiger partial charge in [-0.25, -0.2) is 12.8 Å². The second kappa shape index (κ2) is 5.14. The van der Waals surface area contributed by atoms with E-state index >= 15 is 0 Å². The van der Waals surface area contributed by atoms with Crippen LogP contribution in [0.1, 0.15) is 6.92 Å². The summed E-state index contributed by atoms with van der Waals surface area (Å²) in [6, 6.07) is 4.15. The molecule has 1 N–H and O–H groups in total. The van der Waals surface area contributed by atoms with Crippen LogP contribution in [0.4, 0.5) is 10.1 Å². The van der Waals surface area contributed by atoms with Gasteiger partial charge in [-0.05, 0) is 25.1 Å². The molecule has 90 valence electrons. The normalized spacial score (nSPS) is 13.5. The van der Waals surface area contributed by atoms with Gasteiger partial charge in [0.05, 0.1) is 11.4 Å². The smallest absolute Gasteiger partial charge is 0.149 e. The maximum absolute atomic E-state index is 13.3. The number of hydrogen-bond acceptors (Lipinski definition) is 3. The number of halogens is 2. The number of benzene rings is 1. The summed E-state index contributed by atoms with van der Waals surface area (Å²) in [6.45, 7) is 1.70. The lowest BCUT2D eigenvalue weighted by Gasteiger charge is -2.14. The molecule has 1 atom stereocenters. The molecule has 0 aliphatic heterocycles. The van der Waals surface area contributed by atoms with E-state index in [-0.39, 0.29) is 11.8 Å². The fourth-order valence-electron chi connectivity index (χ4n) is 1.37. The second-order valence-corrected chi connectivity index (χ2v) is 6.86. The molecule has 1 aromatic carbocycles. The maximum atomic E-state index is 13.3. The predicted octanol–water partition coefficient (Wildman–Crippen LogP) is 2.43. The van der Waals surface area contributed by atoms with Crippen molar-refractivity contribution < 1.29 is 12.8 Å². The van der Waals surface area contributed by atoms with Crippen LogP contribution in [-0.2, 0) is 9.84 Å². The molecule has 0 saturated heterocycles. The van der Waals surface area contributed by atoms with Crippen molar-refractivity contribution in [1.82, 2.24) is 0 Å². The Morgan fingerprint density at radius 2 is 2.12 bits per heavy atom. The summed E-state index contributed by atoms with van der Waals surface area (Å²) < 4.78 is 36.2. The molecule has 0 fully saturated rings. The summed E-state index contributed by atoms with van der Waals surface area (Å²) >= 11 is 3.22. The van der Waals surface area contributed by atoms with E-state index in [2.05, 4.69) is 21.2 Å². The first kappa shape index (κ1) is 13.4. The highest BCUT2D eigenvalue weighted by Gasteiger charge is 2.12. The number of anilines is 1. The molecule has 0 aliphatic rings. The van der Waals surface area contributed by atoms with E-state index in [1.807, 2.05) is 0 Å². The van der Waals surface area contributed by atoms with E-state index in [0.717, 1.165) is 10.7 Å². The molecule has 3 nitrogen and oxygen atoms in total. The van der Waals surface area contributed by atoms with Gasteiger partial charge in [-0.3, -0.25) is 0 Å². The third-order valence-electron chi connectivity index (χ3n) is 1.88. The number of hydrogen-bond donors (Lipinski definition) is 1. The topological polar surface area (TPSA) is 46.2 Å². The van der Waals surface area contributed by atoms with Crippen LogP contribution in [-0.4, -0.2) is 26.5 Å². The zero-order valence-electron chi connectivity index (χ0n) is 9.00. The zero-order chi connectivity index (χ0) is 12.3. The molecular weight excluding hydrogens is 297 g/mol. The van der Waals surface area contributed by atoms with Gasteiger partial charge in [0.25, 0.3) is 0 Å². The first-order valence-electron chi connectivity index (χ1n) is 4.67. The SMILES string of the molecule is CC(CS(C)(=O)=O)Nc1cc(Br)ccc1F. The first-order valence-corrected chi connectivity index (χ1v) is 7.52. The van der Waals surface area contributed by atoms with Crippen LogP contribution in [0.15, 0.2) is 22.7 Å². The zero-order valence-corrected chi connectivity index (χ0v) is 11.4. The van der Waals surface area contributed by atoms with E-state index in [9.17, 15) is 12.8 Å². The fraction of sp³-hybridized carbons (Fsp3) is 0.400. The quantitative estimate of drug-likeness (QED) is 0.929. The Labute approximate surface area is 103 Å². The van der Waals surface area contributed by atoms with Crippen LogP contribution in [0.25, 0.3) is 0 Å². The third-order valence-corrected chi connectivity index (χ3v) is 3.48. The van der Waals surface area contributed by atoms with Gasteiger partial charge in [0.1, 0.15) is 15.7 Å². The van der Waals surface area contributed by atoms with E-state index in [1.165, 1.54) is 6.07 Å². The van der Waals surface area contributed by atoms with Gasteiger partial charge in [0, 0.05) is 16.8 Å². The lowest BCUT2D eigenvalue weighted by Crippen LogP contribution is -2.25. The van der Waals surface area contributed by atoms with Crippen molar-refractivity contribution in [3.8, 4) is 0 Å².